The van der Waals surface area contributed by atoms with Crippen LogP contribution in [0.3, 0.4) is 0 Å². The number of carbonyl (C=O) groups excluding carboxylic acids is 2. The van der Waals surface area contributed by atoms with Crippen LogP contribution in [0.15, 0.2) is 28.7 Å². The van der Waals surface area contributed by atoms with Crippen molar-refractivity contribution >= 4 is 28.0 Å². The molecule has 0 aliphatic rings. The first kappa shape index (κ1) is 17.5. The molecule has 0 aromatic heterocycles. The molecule has 6 heteroatoms. The van der Waals surface area contributed by atoms with E-state index in [0.717, 1.165) is 10.0 Å². The summed E-state index contributed by atoms with van der Waals surface area (Å²) >= 11 is 3.36. The Balaban J connectivity index is 2.77. The largest absolute Gasteiger partial charge is 0.468 e. The van der Waals surface area contributed by atoms with Crippen molar-refractivity contribution in [3.8, 4) is 0 Å². The van der Waals surface area contributed by atoms with Gasteiger partial charge in [-0.3, -0.25) is 4.79 Å². The van der Waals surface area contributed by atoms with Crippen molar-refractivity contribution in [2.75, 3.05) is 13.7 Å². The topological polar surface area (TPSA) is 64.6 Å². The van der Waals surface area contributed by atoms with E-state index in [-0.39, 0.29) is 6.54 Å². The number of alkyl carbamates (subject to hydrolysis) is 1. The molecule has 1 aromatic carbocycles. The Morgan fingerprint density at radius 1 is 1.33 bits per heavy atom. The van der Waals surface area contributed by atoms with Crippen molar-refractivity contribution in [3.05, 3.63) is 34.3 Å². The summed E-state index contributed by atoms with van der Waals surface area (Å²) in [6.07, 6.45) is -0.564. The second kappa shape index (κ2) is 7.45. The Hall–Kier alpha value is -1.56. The number of esters is 1. The van der Waals surface area contributed by atoms with Crippen LogP contribution in [-0.2, 0) is 14.3 Å². The molecule has 0 spiro atoms. The Morgan fingerprint density at radius 2 is 2.00 bits per heavy atom. The van der Waals surface area contributed by atoms with Crippen molar-refractivity contribution in [1.29, 1.82) is 0 Å². The fraction of sp³-hybridized carbons (Fsp3) is 0.467. The molecule has 0 aliphatic heterocycles. The van der Waals surface area contributed by atoms with Crippen molar-refractivity contribution in [3.63, 3.8) is 0 Å². The molecular formula is C15H20BrNO4. The van der Waals surface area contributed by atoms with Gasteiger partial charge in [0.05, 0.1) is 13.0 Å². The average Bonchev–Trinajstić information content (AvgIpc) is 2.36. The van der Waals surface area contributed by atoms with Crippen molar-refractivity contribution < 1.29 is 19.1 Å². The van der Waals surface area contributed by atoms with Crippen LogP contribution < -0.4 is 5.32 Å². The molecule has 1 rings (SSSR count). The molecule has 0 radical (unpaired) electrons. The van der Waals surface area contributed by atoms with Gasteiger partial charge in [-0.15, -0.1) is 0 Å². The van der Waals surface area contributed by atoms with Gasteiger partial charge >= 0.3 is 12.1 Å². The predicted octanol–water partition coefficient (Wildman–Crippen LogP) is 3.23. The van der Waals surface area contributed by atoms with Crippen LogP contribution in [0.25, 0.3) is 0 Å². The molecule has 21 heavy (non-hydrogen) atoms. The maximum Gasteiger partial charge on any atom is 0.407 e. The van der Waals surface area contributed by atoms with Gasteiger partial charge in [0.1, 0.15) is 5.60 Å². The molecular weight excluding hydrogens is 338 g/mol. The van der Waals surface area contributed by atoms with Crippen molar-refractivity contribution in [2.24, 2.45) is 0 Å². The second-order valence-electron chi connectivity index (χ2n) is 5.51. The van der Waals surface area contributed by atoms with Crippen LogP contribution >= 0.6 is 15.9 Å². The van der Waals surface area contributed by atoms with Gasteiger partial charge in [0.2, 0.25) is 0 Å². The number of amides is 1. The molecule has 116 valence electrons. The minimum Gasteiger partial charge on any atom is -0.468 e. The summed E-state index contributed by atoms with van der Waals surface area (Å²) in [5.74, 6) is -0.996. The minimum absolute atomic E-state index is 0.109. The zero-order valence-electron chi connectivity index (χ0n) is 12.6. The van der Waals surface area contributed by atoms with E-state index in [9.17, 15) is 9.59 Å². The Morgan fingerprint density at radius 3 is 2.52 bits per heavy atom. The lowest BCUT2D eigenvalue weighted by molar-refractivity contribution is -0.142. The van der Waals surface area contributed by atoms with Gasteiger partial charge in [-0.25, -0.2) is 4.79 Å². The van der Waals surface area contributed by atoms with Crippen LogP contribution in [0, 0.1) is 0 Å². The number of hydrogen-bond donors (Lipinski definition) is 1. The van der Waals surface area contributed by atoms with E-state index in [0.29, 0.717) is 0 Å². The third kappa shape index (κ3) is 6.16. The molecule has 0 saturated carbocycles. The van der Waals surface area contributed by atoms with E-state index in [1.165, 1.54) is 7.11 Å². The van der Waals surface area contributed by atoms with E-state index in [4.69, 9.17) is 9.47 Å². The van der Waals surface area contributed by atoms with Gasteiger partial charge in [-0.05, 0) is 38.5 Å². The monoisotopic (exact) mass is 357 g/mol. The number of hydrogen-bond acceptors (Lipinski definition) is 4. The summed E-state index contributed by atoms with van der Waals surface area (Å²) < 4.78 is 10.8. The molecule has 1 N–H and O–H groups in total. The number of carbonyl (C=O) groups is 2. The summed E-state index contributed by atoms with van der Waals surface area (Å²) in [6.45, 7) is 5.44. The van der Waals surface area contributed by atoms with Gasteiger partial charge in [-0.1, -0.05) is 28.1 Å². The lowest BCUT2D eigenvalue weighted by Gasteiger charge is -2.21. The molecule has 1 aromatic rings. The molecule has 1 atom stereocenters. The van der Waals surface area contributed by atoms with Crippen LogP contribution in [0.5, 0.6) is 0 Å². The molecule has 5 nitrogen and oxygen atoms in total. The van der Waals surface area contributed by atoms with Gasteiger partial charge in [0.25, 0.3) is 0 Å². The van der Waals surface area contributed by atoms with E-state index in [2.05, 4.69) is 21.2 Å². The minimum atomic E-state index is -0.583. The SMILES string of the molecule is COC(=O)C(CNC(=O)OC(C)(C)C)c1cccc(Br)c1. The summed E-state index contributed by atoms with van der Waals surface area (Å²) in [7, 11) is 1.32. The summed E-state index contributed by atoms with van der Waals surface area (Å²) in [4.78, 5) is 23.6. The number of methoxy groups -OCH3 is 1. The van der Waals surface area contributed by atoms with Gasteiger partial charge in [0.15, 0.2) is 0 Å². The fourth-order valence-corrected chi connectivity index (χ4v) is 2.12. The fourth-order valence-electron chi connectivity index (χ4n) is 1.70. The van der Waals surface area contributed by atoms with E-state index >= 15 is 0 Å². The molecule has 1 amide bonds. The van der Waals surface area contributed by atoms with Crippen LogP contribution in [-0.4, -0.2) is 31.3 Å². The number of nitrogens with one attached hydrogen (secondary N) is 1. The highest BCUT2D eigenvalue weighted by Gasteiger charge is 2.24. The standard InChI is InChI=1S/C15H20BrNO4/c1-15(2,3)21-14(19)17-9-12(13(18)20-4)10-6-5-7-11(16)8-10/h5-8,12H,9H2,1-4H3,(H,17,19). The third-order valence-electron chi connectivity index (χ3n) is 2.59. The molecule has 0 aliphatic carbocycles. The molecule has 0 saturated heterocycles. The normalized spacial score (nSPS) is 12.4. The van der Waals surface area contributed by atoms with Crippen molar-refractivity contribution in [2.45, 2.75) is 32.3 Å². The lowest BCUT2D eigenvalue weighted by atomic mass is 9.99. The van der Waals surface area contributed by atoms with E-state index < -0.39 is 23.6 Å². The van der Waals surface area contributed by atoms with E-state index in [1.54, 1.807) is 20.8 Å². The summed E-state index contributed by atoms with van der Waals surface area (Å²) in [5.41, 5.74) is 0.174. The van der Waals surface area contributed by atoms with Gasteiger partial charge < -0.3 is 14.8 Å². The molecule has 0 bridgehead atoms. The predicted molar refractivity (Wildman–Crippen MR) is 83.1 cm³/mol. The van der Waals surface area contributed by atoms with Crippen LogP contribution in [0.1, 0.15) is 32.3 Å². The van der Waals surface area contributed by atoms with Crippen LogP contribution in [0.2, 0.25) is 0 Å². The van der Waals surface area contributed by atoms with E-state index in [1.807, 2.05) is 24.3 Å². The Kier molecular flexibility index (Phi) is 6.20. The highest BCUT2D eigenvalue weighted by atomic mass is 79.9. The second-order valence-corrected chi connectivity index (χ2v) is 6.43. The Bertz CT molecular complexity index is 511. The first-order valence-corrected chi connectivity index (χ1v) is 7.32. The molecule has 0 heterocycles. The first-order valence-electron chi connectivity index (χ1n) is 6.53. The quantitative estimate of drug-likeness (QED) is 0.840. The Labute approximate surface area is 133 Å². The zero-order valence-corrected chi connectivity index (χ0v) is 14.2. The summed E-state index contributed by atoms with van der Waals surface area (Å²) in [6, 6.07) is 7.31. The van der Waals surface area contributed by atoms with Crippen molar-refractivity contribution in [1.82, 2.24) is 5.32 Å². The average molecular weight is 358 g/mol. The molecule has 0 fully saturated rings. The number of rotatable bonds is 4. The number of ether oxygens (including phenoxy) is 2. The third-order valence-corrected chi connectivity index (χ3v) is 3.08. The lowest BCUT2D eigenvalue weighted by Crippen LogP contribution is -2.36. The highest BCUT2D eigenvalue weighted by Crippen LogP contribution is 2.21. The number of benzene rings is 1. The number of halogens is 1. The highest BCUT2D eigenvalue weighted by molar-refractivity contribution is 9.10. The van der Waals surface area contributed by atoms with Gasteiger partial charge in [-0.2, -0.15) is 0 Å². The maximum atomic E-state index is 11.9. The zero-order chi connectivity index (χ0) is 16.0. The first-order chi connectivity index (χ1) is 9.73. The van der Waals surface area contributed by atoms with Crippen LogP contribution in [0.4, 0.5) is 4.79 Å². The summed E-state index contributed by atoms with van der Waals surface area (Å²) in [5, 5.41) is 2.60. The van der Waals surface area contributed by atoms with Gasteiger partial charge in [0, 0.05) is 11.0 Å². The molecule has 1 unspecified atom stereocenters. The smallest absolute Gasteiger partial charge is 0.407 e. The maximum absolute atomic E-state index is 11.9.